The molecule has 0 fully saturated rings. The molecule has 21 heavy (non-hydrogen) atoms. The Morgan fingerprint density at radius 1 is 1.05 bits per heavy atom. The van der Waals surface area contributed by atoms with Gasteiger partial charge in [0, 0.05) is 23.3 Å². The number of hydrogen-bond acceptors (Lipinski definition) is 2. The fourth-order valence-corrected chi connectivity index (χ4v) is 2.09. The normalized spacial score (nSPS) is 10.1. The van der Waals surface area contributed by atoms with E-state index < -0.39 is 0 Å². The summed E-state index contributed by atoms with van der Waals surface area (Å²) in [7, 11) is 0. The number of rotatable bonds is 4. The third kappa shape index (κ3) is 4.91. The van der Waals surface area contributed by atoms with E-state index in [1.165, 1.54) is 18.2 Å². The van der Waals surface area contributed by atoms with Gasteiger partial charge in [0.25, 0.3) is 5.56 Å². The summed E-state index contributed by atoms with van der Waals surface area (Å²) < 4.78 is 0. The van der Waals surface area contributed by atoms with Gasteiger partial charge in [-0.25, -0.2) is 0 Å². The van der Waals surface area contributed by atoms with E-state index >= 15 is 0 Å². The maximum atomic E-state index is 10.6. The molecule has 0 bridgehead atoms. The van der Waals surface area contributed by atoms with E-state index in [2.05, 4.69) is 34.2 Å². The van der Waals surface area contributed by atoms with E-state index in [0.717, 1.165) is 24.1 Å². The van der Waals surface area contributed by atoms with Gasteiger partial charge in [-0.15, -0.1) is 0 Å². The van der Waals surface area contributed by atoms with E-state index in [4.69, 9.17) is 0 Å². The van der Waals surface area contributed by atoms with Crippen LogP contribution in [0.5, 0.6) is 0 Å². The monoisotopic (exact) mass is 283 g/mol. The minimum Gasteiger partial charge on any atom is -0.302 e. The Labute approximate surface area is 124 Å². The lowest BCUT2D eigenvalue weighted by Crippen LogP contribution is -1.93. The van der Waals surface area contributed by atoms with Crippen LogP contribution in [0.4, 0.5) is 0 Å². The van der Waals surface area contributed by atoms with Crippen molar-refractivity contribution in [1.82, 2.24) is 15.2 Å². The summed E-state index contributed by atoms with van der Waals surface area (Å²) >= 11 is 0. The van der Waals surface area contributed by atoms with Crippen molar-refractivity contribution in [1.29, 1.82) is 0 Å². The SMILES string of the molecule is CCCCCc1cc(=O)[nH][nH]1.c1ccc2ncccc2c1. The fourth-order valence-electron chi connectivity index (χ4n) is 2.09. The van der Waals surface area contributed by atoms with Gasteiger partial charge in [0.15, 0.2) is 0 Å². The highest BCUT2D eigenvalue weighted by Gasteiger charge is 1.94. The van der Waals surface area contributed by atoms with Crippen LogP contribution in [0.15, 0.2) is 53.5 Å². The average Bonchev–Trinajstić information content (AvgIpc) is 2.94. The molecular weight excluding hydrogens is 262 g/mol. The number of benzene rings is 1. The van der Waals surface area contributed by atoms with Crippen molar-refractivity contribution in [3.8, 4) is 0 Å². The van der Waals surface area contributed by atoms with Crippen molar-refractivity contribution >= 4 is 10.9 Å². The standard InChI is InChI=1S/C9H7N.C8H14N2O/c1-2-6-9-8(4-1)5-3-7-10-9;1-2-3-4-5-7-6-8(11)10-9-7/h1-7H;6H,2-5H2,1H3,(H2,9,10,11). The molecule has 4 nitrogen and oxygen atoms in total. The first kappa shape index (κ1) is 15.0. The van der Waals surface area contributed by atoms with Crippen molar-refractivity contribution in [2.75, 3.05) is 0 Å². The quantitative estimate of drug-likeness (QED) is 0.718. The highest BCUT2D eigenvalue weighted by molar-refractivity contribution is 5.77. The smallest absolute Gasteiger partial charge is 0.264 e. The van der Waals surface area contributed by atoms with Crippen LogP contribution in [-0.4, -0.2) is 15.2 Å². The van der Waals surface area contributed by atoms with Crippen LogP contribution in [0.2, 0.25) is 0 Å². The van der Waals surface area contributed by atoms with E-state index in [9.17, 15) is 4.79 Å². The van der Waals surface area contributed by atoms with Crippen molar-refractivity contribution < 1.29 is 0 Å². The molecule has 0 saturated carbocycles. The predicted molar refractivity (Wildman–Crippen MR) is 86.4 cm³/mol. The molecule has 0 atom stereocenters. The Kier molecular flexibility index (Phi) is 5.76. The van der Waals surface area contributed by atoms with Crippen LogP contribution < -0.4 is 5.56 Å². The number of pyridine rings is 1. The topological polar surface area (TPSA) is 61.5 Å². The Morgan fingerprint density at radius 2 is 1.86 bits per heavy atom. The van der Waals surface area contributed by atoms with Gasteiger partial charge < -0.3 is 5.10 Å². The van der Waals surface area contributed by atoms with E-state index in [0.29, 0.717) is 0 Å². The van der Waals surface area contributed by atoms with Gasteiger partial charge in [-0.2, -0.15) is 0 Å². The minimum absolute atomic E-state index is 0.0310. The first-order chi connectivity index (χ1) is 10.3. The number of hydrogen-bond donors (Lipinski definition) is 2. The lowest BCUT2D eigenvalue weighted by molar-refractivity contribution is 0.705. The van der Waals surface area contributed by atoms with Crippen LogP contribution in [0, 0.1) is 0 Å². The first-order valence-electron chi connectivity index (χ1n) is 7.36. The molecule has 0 unspecified atom stereocenters. The van der Waals surface area contributed by atoms with Crippen LogP contribution in [0.3, 0.4) is 0 Å². The third-order valence-corrected chi connectivity index (χ3v) is 3.21. The highest BCUT2D eigenvalue weighted by atomic mass is 16.1. The Hall–Kier alpha value is -2.36. The molecule has 2 heterocycles. The molecule has 3 rings (SSSR count). The summed E-state index contributed by atoms with van der Waals surface area (Å²) in [5.41, 5.74) is 2.05. The number of para-hydroxylation sites is 1. The molecule has 0 radical (unpaired) electrons. The van der Waals surface area contributed by atoms with Crippen LogP contribution in [-0.2, 0) is 6.42 Å². The number of unbranched alkanes of at least 4 members (excludes halogenated alkanes) is 2. The average molecular weight is 283 g/mol. The molecule has 0 saturated heterocycles. The minimum atomic E-state index is -0.0310. The van der Waals surface area contributed by atoms with Gasteiger partial charge in [-0.3, -0.25) is 14.9 Å². The molecule has 2 N–H and O–H groups in total. The Balaban J connectivity index is 0.000000154. The largest absolute Gasteiger partial charge is 0.302 e. The molecule has 0 aliphatic rings. The number of nitrogens with zero attached hydrogens (tertiary/aromatic N) is 1. The number of H-pyrrole nitrogens is 2. The zero-order chi connectivity index (χ0) is 14.9. The Morgan fingerprint density at radius 3 is 2.57 bits per heavy atom. The zero-order valence-electron chi connectivity index (χ0n) is 12.3. The van der Waals surface area contributed by atoms with Gasteiger partial charge in [0.05, 0.1) is 5.52 Å². The van der Waals surface area contributed by atoms with Gasteiger partial charge in [0.1, 0.15) is 0 Å². The lowest BCUT2D eigenvalue weighted by atomic mass is 10.2. The number of aromatic nitrogens is 3. The molecule has 4 heteroatoms. The van der Waals surface area contributed by atoms with E-state index in [1.54, 1.807) is 6.07 Å². The van der Waals surface area contributed by atoms with E-state index in [-0.39, 0.29) is 5.56 Å². The second-order valence-electron chi connectivity index (χ2n) is 4.94. The second kappa shape index (κ2) is 8.04. The zero-order valence-corrected chi connectivity index (χ0v) is 12.3. The predicted octanol–water partition coefficient (Wildman–Crippen LogP) is 3.67. The molecule has 0 amide bonds. The first-order valence-corrected chi connectivity index (χ1v) is 7.36. The van der Waals surface area contributed by atoms with Gasteiger partial charge in [0.2, 0.25) is 0 Å². The van der Waals surface area contributed by atoms with Crippen molar-refractivity contribution in [2.45, 2.75) is 32.6 Å². The van der Waals surface area contributed by atoms with Crippen molar-refractivity contribution in [2.24, 2.45) is 0 Å². The summed E-state index contributed by atoms with van der Waals surface area (Å²) in [4.78, 5) is 14.8. The summed E-state index contributed by atoms with van der Waals surface area (Å²) in [6.45, 7) is 2.17. The molecule has 2 aromatic heterocycles. The van der Waals surface area contributed by atoms with Gasteiger partial charge in [-0.05, 0) is 25.0 Å². The lowest BCUT2D eigenvalue weighted by Gasteiger charge is -1.93. The molecular formula is C17H21N3O. The highest BCUT2D eigenvalue weighted by Crippen LogP contribution is 2.07. The number of aryl methyl sites for hydroxylation is 1. The summed E-state index contributed by atoms with van der Waals surface area (Å²) in [6.07, 6.45) is 6.39. The van der Waals surface area contributed by atoms with Crippen LogP contribution >= 0.6 is 0 Å². The van der Waals surface area contributed by atoms with Crippen LogP contribution in [0.1, 0.15) is 31.9 Å². The fraction of sp³-hybridized carbons (Fsp3) is 0.294. The van der Waals surface area contributed by atoms with E-state index in [1.807, 2.05) is 30.5 Å². The molecule has 3 aromatic rings. The number of nitrogens with one attached hydrogen (secondary N) is 2. The van der Waals surface area contributed by atoms with Gasteiger partial charge >= 0.3 is 0 Å². The van der Waals surface area contributed by atoms with Crippen molar-refractivity contribution in [3.63, 3.8) is 0 Å². The maximum Gasteiger partial charge on any atom is 0.264 e. The summed E-state index contributed by atoms with van der Waals surface area (Å²) in [5, 5.41) is 6.54. The molecule has 110 valence electrons. The third-order valence-electron chi connectivity index (χ3n) is 3.21. The summed E-state index contributed by atoms with van der Waals surface area (Å²) in [6, 6.07) is 13.7. The molecule has 0 aliphatic heterocycles. The Bertz CT molecular complexity index is 649. The molecule has 0 aliphatic carbocycles. The maximum absolute atomic E-state index is 10.6. The number of fused-ring (bicyclic) bond motifs is 1. The molecule has 0 spiro atoms. The molecule has 1 aromatic carbocycles. The number of aromatic amines is 2. The van der Waals surface area contributed by atoms with Crippen LogP contribution in [0.25, 0.3) is 10.9 Å². The summed E-state index contributed by atoms with van der Waals surface area (Å²) in [5.74, 6) is 0. The second-order valence-corrected chi connectivity index (χ2v) is 4.94. The van der Waals surface area contributed by atoms with Crippen molar-refractivity contribution in [3.05, 3.63) is 64.7 Å². The van der Waals surface area contributed by atoms with Gasteiger partial charge in [-0.1, -0.05) is 44.0 Å².